The number of nitrogens with zero attached hydrogens (tertiary/aromatic N) is 18. The number of fused-ring (bicyclic) bond motifs is 1. The van der Waals surface area contributed by atoms with E-state index in [4.69, 9.17) is 38.4 Å². The van der Waals surface area contributed by atoms with E-state index < -0.39 is 0 Å². The van der Waals surface area contributed by atoms with Crippen molar-refractivity contribution < 1.29 is 33.2 Å². The van der Waals surface area contributed by atoms with Crippen molar-refractivity contribution >= 4 is 68.4 Å². The first kappa shape index (κ1) is 83.6. The fraction of sp³-hybridized carbons (Fsp3) is 0.337. The standard InChI is InChI=1S/C34H33N7O2.C31H34N8O2.C30H34N8O3/c35-20-26-19-24(5-10-32(26)43-18-12-25-21-37-31-4-2-1-3-30(25)31)34-36-13-11-33(39-34)38-27-6-8-28(9-7-27)40-14-16-41(17-15-40)29-22-42-23-29;1-22-17-23(2)39(36-22)15-16-41-29-8-3-24(18-25(29)19-32)31-33-10-9-30(35-31)34-26-4-6-27(7-5-26)37-11-13-38(14-12-37)28-20-40-21-28;31-18-23-17-22(1-6-27(23)41-16-15-36-10-9-32-29(39)19-36)30-33-8-7-28(35-30)34-24-2-4-25(5-3-24)37-11-13-38(14-12-37)26-20-40-21-26/h1-11,13,19,21,29,37H,12,14-18,22-23H2,(H,36,38,39);3-10,17-18,28H,11-16,20-21H2,1-2H3,(H,33,34,35);1-8,17,26H,9-16,19-21H2,(H,32,39)(H,33,34,35). The number of aromatic amines is 1. The van der Waals surface area contributed by atoms with Crippen LogP contribution in [0.15, 0.2) is 201 Å². The van der Waals surface area contributed by atoms with Crippen molar-refractivity contribution in [1.29, 1.82) is 15.8 Å². The van der Waals surface area contributed by atoms with Crippen molar-refractivity contribution in [3.05, 3.63) is 234 Å². The predicted molar refractivity (Wildman–Crippen MR) is 481 cm³/mol. The fourth-order valence-electron chi connectivity index (χ4n) is 16.3. The van der Waals surface area contributed by atoms with Crippen molar-refractivity contribution in [2.45, 2.75) is 44.9 Å². The van der Waals surface area contributed by atoms with Gasteiger partial charge in [-0.15, -0.1) is 0 Å². The zero-order valence-electron chi connectivity index (χ0n) is 70.3. The van der Waals surface area contributed by atoms with Gasteiger partial charge in [0, 0.05) is 197 Å². The molecule has 0 aliphatic carbocycles. The molecule has 0 saturated carbocycles. The molecule has 5 aromatic heterocycles. The Morgan fingerprint density at radius 2 is 0.856 bits per heavy atom. The van der Waals surface area contributed by atoms with Crippen LogP contribution in [0.3, 0.4) is 0 Å². The van der Waals surface area contributed by atoms with Crippen molar-refractivity contribution in [1.82, 2.24) is 69.6 Å². The first-order valence-corrected chi connectivity index (χ1v) is 42.8. The normalized spacial score (nSPS) is 16.6. The summed E-state index contributed by atoms with van der Waals surface area (Å²) < 4.78 is 35.8. The molecule has 1 amide bonds. The van der Waals surface area contributed by atoms with Crippen LogP contribution >= 0.6 is 0 Å². The average Bonchev–Trinajstić information content (AvgIpc) is 1.09. The van der Waals surface area contributed by atoms with E-state index in [1.54, 1.807) is 48.9 Å². The largest absolute Gasteiger partial charge is 0.492 e. The molecule has 12 aromatic rings. The van der Waals surface area contributed by atoms with Gasteiger partial charge in [-0.2, -0.15) is 20.9 Å². The summed E-state index contributed by atoms with van der Waals surface area (Å²) in [5.74, 6) is 5.25. The lowest BCUT2D eigenvalue weighted by Gasteiger charge is -2.43. The highest BCUT2D eigenvalue weighted by molar-refractivity contribution is 5.83. The highest BCUT2D eigenvalue weighted by atomic mass is 16.5. The number of hydrogen-bond acceptors (Lipinski definition) is 27. The SMILES string of the molecule is Cc1cc(C)n(CCOc2ccc(-c3nccc(Nc4ccc(N5CCN(C6COC6)CC5)cc4)n3)cc2C#N)n1.N#Cc1cc(-c2nccc(Nc3ccc(N4CCN(C5COC5)CC4)cc3)n2)ccc1OCCN1CCNC(=O)C1.N#Cc1cc(-c2nccc(Nc3ccc(N4CCN(C5COC5)CC4)cc3)n2)ccc1OCCc1c[nH]c2ccccc12. The lowest BCUT2D eigenvalue weighted by Crippen LogP contribution is -2.56. The summed E-state index contributed by atoms with van der Waals surface area (Å²) in [6.45, 7) is 26.1. The predicted octanol–water partition coefficient (Wildman–Crippen LogP) is 11.6. The highest BCUT2D eigenvalue weighted by Crippen LogP contribution is 2.33. The maximum atomic E-state index is 11.6. The number of rotatable bonds is 27. The van der Waals surface area contributed by atoms with Crippen LogP contribution < -0.4 is 50.2 Å². The molecule has 125 heavy (non-hydrogen) atoms. The maximum absolute atomic E-state index is 11.6. The second-order valence-electron chi connectivity index (χ2n) is 31.9. The molecule has 0 spiro atoms. The van der Waals surface area contributed by atoms with Gasteiger partial charge in [0.25, 0.3) is 0 Å². The minimum Gasteiger partial charge on any atom is -0.492 e. The first-order valence-electron chi connectivity index (χ1n) is 42.8. The van der Waals surface area contributed by atoms with E-state index >= 15 is 0 Å². The summed E-state index contributed by atoms with van der Waals surface area (Å²) in [6, 6.07) is 66.0. The Kier molecular flexibility index (Phi) is 26.9. The summed E-state index contributed by atoms with van der Waals surface area (Å²) in [4.78, 5) is 59.2. The van der Waals surface area contributed by atoms with Crippen molar-refractivity contribution in [3.63, 3.8) is 0 Å². The van der Waals surface area contributed by atoms with Crippen LogP contribution in [0.4, 0.5) is 51.6 Å². The zero-order valence-corrected chi connectivity index (χ0v) is 70.3. The van der Waals surface area contributed by atoms with E-state index in [0.29, 0.717) is 133 Å². The van der Waals surface area contributed by atoms with Gasteiger partial charge in [0.05, 0.1) is 99.8 Å². The molecule has 0 atom stereocenters. The molecule has 638 valence electrons. The molecule has 7 saturated heterocycles. The highest BCUT2D eigenvalue weighted by Gasteiger charge is 2.32. The van der Waals surface area contributed by atoms with Crippen LogP contribution in [0.5, 0.6) is 17.2 Å². The van der Waals surface area contributed by atoms with E-state index in [1.807, 2.05) is 90.3 Å². The van der Waals surface area contributed by atoms with Crippen molar-refractivity contribution in [2.24, 2.45) is 0 Å². The van der Waals surface area contributed by atoms with Gasteiger partial charge in [-0.05, 0) is 177 Å². The molecule has 7 aromatic carbocycles. The minimum atomic E-state index is 0.0246. The van der Waals surface area contributed by atoms with Crippen LogP contribution in [0.1, 0.15) is 33.6 Å². The van der Waals surface area contributed by atoms with Crippen molar-refractivity contribution in [2.75, 3.05) is 195 Å². The summed E-state index contributed by atoms with van der Waals surface area (Å²) in [6.07, 6.45) is 7.90. The topological polar surface area (TPSA) is 326 Å². The van der Waals surface area contributed by atoms with E-state index in [-0.39, 0.29) is 5.91 Å². The monoisotopic (exact) mass is 1680 g/mol. The zero-order chi connectivity index (χ0) is 85.2. The number of para-hydroxylation sites is 1. The quantitative estimate of drug-likeness (QED) is 0.0319. The number of carbonyl (C=O) groups excluding carboxylic acids is 1. The van der Waals surface area contributed by atoms with E-state index in [9.17, 15) is 20.6 Å². The third kappa shape index (κ3) is 21.2. The maximum Gasteiger partial charge on any atom is 0.234 e. The number of benzene rings is 7. The van der Waals surface area contributed by atoms with Gasteiger partial charge in [-0.1, -0.05) is 18.2 Å². The van der Waals surface area contributed by atoms with Gasteiger partial charge in [0.15, 0.2) is 17.5 Å². The molecular formula is C95H101N23O7. The molecular weight excluding hydrogens is 1580 g/mol. The summed E-state index contributed by atoms with van der Waals surface area (Å²) in [5.41, 5.74) is 14.4. The Labute approximate surface area is 726 Å². The number of anilines is 9. The van der Waals surface area contributed by atoms with Gasteiger partial charge in [-0.25, -0.2) is 29.9 Å². The van der Waals surface area contributed by atoms with Gasteiger partial charge in [-0.3, -0.25) is 29.1 Å². The molecule has 0 radical (unpaired) electrons. The third-order valence-corrected chi connectivity index (χ3v) is 23.7. The Hall–Kier alpha value is -13.6. The van der Waals surface area contributed by atoms with Gasteiger partial charge in [0.1, 0.15) is 66.1 Å². The van der Waals surface area contributed by atoms with Gasteiger partial charge in [0.2, 0.25) is 5.91 Å². The second-order valence-corrected chi connectivity index (χ2v) is 31.9. The van der Waals surface area contributed by atoms with Gasteiger partial charge >= 0.3 is 0 Å². The Bertz CT molecular complexity index is 5800. The number of ether oxygens (including phenoxy) is 6. The molecule has 0 bridgehead atoms. The molecule has 7 fully saturated rings. The number of nitriles is 3. The van der Waals surface area contributed by atoms with Gasteiger partial charge < -0.3 is 69.4 Å². The molecule has 7 aliphatic rings. The molecule has 0 unspecified atom stereocenters. The van der Waals surface area contributed by atoms with E-state index in [1.165, 1.54) is 28.0 Å². The van der Waals surface area contributed by atoms with Crippen LogP contribution in [0, 0.1) is 47.8 Å². The molecule has 30 nitrogen and oxygen atoms in total. The fourth-order valence-corrected chi connectivity index (χ4v) is 16.3. The minimum absolute atomic E-state index is 0.0246. The molecule has 19 rings (SSSR count). The molecule has 30 heteroatoms. The average molecular weight is 1680 g/mol. The number of hydrogen-bond donors (Lipinski definition) is 5. The smallest absolute Gasteiger partial charge is 0.234 e. The van der Waals surface area contributed by atoms with E-state index in [0.717, 1.165) is 182 Å². The molecule has 12 heterocycles. The van der Waals surface area contributed by atoms with Crippen LogP contribution in [-0.4, -0.2) is 252 Å². The Morgan fingerprint density at radius 1 is 0.456 bits per heavy atom. The van der Waals surface area contributed by atoms with Crippen molar-refractivity contribution in [3.8, 4) is 69.6 Å². The number of H-pyrrole nitrogens is 1. The lowest BCUT2D eigenvalue weighted by atomic mass is 10.1. The number of aryl methyl sites for hydroxylation is 2. The molecule has 5 N–H and O–H groups in total. The third-order valence-electron chi connectivity index (χ3n) is 23.7. The Balaban J connectivity index is 0.000000133. The van der Waals surface area contributed by atoms with Crippen LogP contribution in [-0.2, 0) is 32.0 Å². The number of amides is 1. The first-order chi connectivity index (χ1) is 61.4. The summed E-state index contributed by atoms with van der Waals surface area (Å²) in [7, 11) is 0. The number of piperazine rings is 4. The number of carbonyl (C=O) groups is 1. The number of aromatic nitrogens is 9. The molecule has 7 aliphatic heterocycles. The van der Waals surface area contributed by atoms with Crippen LogP contribution in [0.2, 0.25) is 0 Å². The van der Waals surface area contributed by atoms with E-state index in [2.05, 4.69) is 184 Å². The summed E-state index contributed by atoms with van der Waals surface area (Å²) in [5, 5.41) is 47.9. The lowest BCUT2D eigenvalue weighted by molar-refractivity contribution is -0.124. The second kappa shape index (κ2) is 40.1. The Morgan fingerprint density at radius 3 is 1.23 bits per heavy atom. The summed E-state index contributed by atoms with van der Waals surface area (Å²) >= 11 is 0. The van der Waals surface area contributed by atoms with Crippen LogP contribution in [0.25, 0.3) is 45.1 Å². The number of nitrogens with one attached hydrogen (secondary N) is 5.